The highest BCUT2D eigenvalue weighted by Gasteiger charge is 2.02. The Bertz CT molecular complexity index is 697. The maximum Gasteiger partial charge on any atom is 0.0722 e. The van der Waals surface area contributed by atoms with Crippen LogP contribution in [0.2, 0.25) is 0 Å². The zero-order valence-corrected chi connectivity index (χ0v) is 11.6. The summed E-state index contributed by atoms with van der Waals surface area (Å²) in [6.45, 7) is 3.90. The van der Waals surface area contributed by atoms with E-state index in [9.17, 15) is 0 Å². The molecule has 0 atom stereocenters. The molecule has 102 valence electrons. The lowest BCUT2D eigenvalue weighted by Crippen LogP contribution is -2.00. The molecule has 4 heteroatoms. The van der Waals surface area contributed by atoms with Crippen molar-refractivity contribution in [2.24, 2.45) is 0 Å². The molecule has 1 N–H and O–H groups in total. The van der Waals surface area contributed by atoms with E-state index in [1.165, 1.54) is 5.56 Å². The van der Waals surface area contributed by atoms with Crippen LogP contribution in [0.25, 0.3) is 10.9 Å². The molecule has 0 bridgehead atoms. The Hall–Kier alpha value is -2.36. The van der Waals surface area contributed by atoms with Gasteiger partial charge in [0.25, 0.3) is 0 Å². The van der Waals surface area contributed by atoms with Gasteiger partial charge in [-0.05, 0) is 30.7 Å². The fourth-order valence-electron chi connectivity index (χ4n) is 2.30. The minimum absolute atomic E-state index is 0.776. The summed E-state index contributed by atoms with van der Waals surface area (Å²) in [4.78, 5) is 4.37. The maximum atomic E-state index is 4.37. The van der Waals surface area contributed by atoms with Crippen LogP contribution >= 0.6 is 0 Å². The predicted molar refractivity (Wildman–Crippen MR) is 81.6 cm³/mol. The molecule has 0 unspecified atom stereocenters. The number of fused-ring (bicyclic) bond motifs is 1. The smallest absolute Gasteiger partial charge is 0.0722 e. The van der Waals surface area contributed by atoms with Gasteiger partial charge in [-0.25, -0.2) is 0 Å². The van der Waals surface area contributed by atoms with Crippen molar-refractivity contribution < 1.29 is 0 Å². The lowest BCUT2D eigenvalue weighted by atomic mass is 10.2. The van der Waals surface area contributed by atoms with Gasteiger partial charge >= 0.3 is 0 Å². The largest absolute Gasteiger partial charge is 0.380 e. The number of aryl methyl sites for hydroxylation is 1. The third kappa shape index (κ3) is 2.64. The van der Waals surface area contributed by atoms with Gasteiger partial charge in [-0.1, -0.05) is 13.0 Å². The fourth-order valence-corrected chi connectivity index (χ4v) is 2.30. The van der Waals surface area contributed by atoms with E-state index < -0.39 is 0 Å². The summed E-state index contributed by atoms with van der Waals surface area (Å²) in [6.07, 6.45) is 6.94. The standard InChI is InChI=1S/C16H18N4/c1-2-9-20-12-13(11-19-20)10-18-16-7-3-6-15-14(16)5-4-8-17-15/h3-8,11-12,18H,2,9-10H2,1H3. The van der Waals surface area contributed by atoms with Crippen LogP contribution in [0, 0.1) is 0 Å². The molecule has 4 nitrogen and oxygen atoms in total. The topological polar surface area (TPSA) is 42.7 Å². The molecule has 2 aromatic heterocycles. The molecule has 0 fully saturated rings. The molecule has 0 aliphatic rings. The number of anilines is 1. The number of nitrogens with one attached hydrogen (secondary N) is 1. The molecule has 0 aliphatic carbocycles. The van der Waals surface area contributed by atoms with E-state index in [4.69, 9.17) is 0 Å². The van der Waals surface area contributed by atoms with Gasteiger partial charge in [0.1, 0.15) is 0 Å². The lowest BCUT2D eigenvalue weighted by molar-refractivity contribution is 0.602. The average Bonchev–Trinajstić information content (AvgIpc) is 2.93. The lowest BCUT2D eigenvalue weighted by Gasteiger charge is -2.08. The number of nitrogens with zero attached hydrogens (tertiary/aromatic N) is 3. The van der Waals surface area contributed by atoms with E-state index in [1.54, 1.807) is 0 Å². The summed E-state index contributed by atoms with van der Waals surface area (Å²) < 4.78 is 1.99. The molecule has 3 rings (SSSR count). The van der Waals surface area contributed by atoms with Crippen LogP contribution < -0.4 is 5.32 Å². The molecule has 1 aromatic carbocycles. The Morgan fingerprint density at radius 3 is 3.05 bits per heavy atom. The normalized spacial score (nSPS) is 10.8. The number of rotatable bonds is 5. The molecule has 20 heavy (non-hydrogen) atoms. The Kier molecular flexibility index (Phi) is 3.63. The molecular formula is C16H18N4. The zero-order valence-electron chi connectivity index (χ0n) is 11.6. The van der Waals surface area contributed by atoms with Crippen molar-refractivity contribution in [1.82, 2.24) is 14.8 Å². The van der Waals surface area contributed by atoms with Gasteiger partial charge in [-0.15, -0.1) is 0 Å². The summed E-state index contributed by atoms with van der Waals surface area (Å²) >= 11 is 0. The summed E-state index contributed by atoms with van der Waals surface area (Å²) in [5, 5.41) is 8.96. The van der Waals surface area contributed by atoms with Crippen molar-refractivity contribution in [1.29, 1.82) is 0 Å². The SMILES string of the molecule is CCCn1cc(CNc2cccc3ncccc23)cn1. The second kappa shape index (κ2) is 5.74. The minimum Gasteiger partial charge on any atom is -0.380 e. The van der Waals surface area contributed by atoms with Crippen molar-refractivity contribution in [3.05, 3.63) is 54.5 Å². The van der Waals surface area contributed by atoms with Gasteiger partial charge in [0.05, 0.1) is 11.7 Å². The highest BCUT2D eigenvalue weighted by Crippen LogP contribution is 2.21. The van der Waals surface area contributed by atoms with Gasteiger partial charge < -0.3 is 5.32 Å². The van der Waals surface area contributed by atoms with Crippen molar-refractivity contribution in [2.75, 3.05) is 5.32 Å². The van der Waals surface area contributed by atoms with Crippen molar-refractivity contribution in [3.63, 3.8) is 0 Å². The number of pyridine rings is 1. The van der Waals surface area contributed by atoms with Crippen LogP contribution in [0.4, 0.5) is 5.69 Å². The molecule has 0 saturated carbocycles. The summed E-state index contributed by atoms with van der Waals surface area (Å²) in [7, 11) is 0. The van der Waals surface area contributed by atoms with Crippen LogP contribution in [-0.2, 0) is 13.1 Å². The van der Waals surface area contributed by atoms with Crippen molar-refractivity contribution in [3.8, 4) is 0 Å². The number of hydrogen-bond donors (Lipinski definition) is 1. The van der Waals surface area contributed by atoms with Gasteiger partial charge in [-0.3, -0.25) is 9.67 Å². The molecule has 2 heterocycles. The molecule has 0 radical (unpaired) electrons. The Balaban J connectivity index is 1.76. The van der Waals surface area contributed by atoms with E-state index in [1.807, 2.05) is 35.3 Å². The van der Waals surface area contributed by atoms with E-state index in [0.29, 0.717) is 0 Å². The molecule has 0 saturated heterocycles. The van der Waals surface area contributed by atoms with Crippen LogP contribution in [0.1, 0.15) is 18.9 Å². The monoisotopic (exact) mass is 266 g/mol. The quantitative estimate of drug-likeness (QED) is 0.769. The molecule has 0 spiro atoms. The third-order valence-corrected chi connectivity index (χ3v) is 3.27. The number of hydrogen-bond acceptors (Lipinski definition) is 3. The first-order valence-corrected chi connectivity index (χ1v) is 6.96. The predicted octanol–water partition coefficient (Wildman–Crippen LogP) is 3.45. The second-order valence-electron chi connectivity index (χ2n) is 4.84. The first-order chi connectivity index (χ1) is 9.86. The van der Waals surface area contributed by atoms with Gasteiger partial charge in [0, 0.05) is 42.1 Å². The van der Waals surface area contributed by atoms with Gasteiger partial charge in [0.2, 0.25) is 0 Å². The van der Waals surface area contributed by atoms with Gasteiger partial charge in [-0.2, -0.15) is 5.10 Å². The first-order valence-electron chi connectivity index (χ1n) is 6.96. The highest BCUT2D eigenvalue weighted by molar-refractivity contribution is 5.91. The summed E-state index contributed by atoms with van der Waals surface area (Å²) in [5.74, 6) is 0. The molecule has 0 amide bonds. The minimum atomic E-state index is 0.776. The maximum absolute atomic E-state index is 4.37. The summed E-state index contributed by atoms with van der Waals surface area (Å²) in [6, 6.07) is 10.2. The Morgan fingerprint density at radius 1 is 1.20 bits per heavy atom. The van der Waals surface area contributed by atoms with E-state index in [-0.39, 0.29) is 0 Å². The zero-order chi connectivity index (χ0) is 13.8. The third-order valence-electron chi connectivity index (χ3n) is 3.27. The van der Waals surface area contributed by atoms with Crippen LogP contribution in [0.3, 0.4) is 0 Å². The van der Waals surface area contributed by atoms with Crippen molar-refractivity contribution in [2.45, 2.75) is 26.4 Å². The van der Waals surface area contributed by atoms with Crippen molar-refractivity contribution >= 4 is 16.6 Å². The van der Waals surface area contributed by atoms with E-state index >= 15 is 0 Å². The first kappa shape index (κ1) is 12.7. The van der Waals surface area contributed by atoms with Crippen LogP contribution in [-0.4, -0.2) is 14.8 Å². The number of aromatic nitrogens is 3. The molecule has 3 aromatic rings. The number of benzene rings is 1. The Morgan fingerprint density at radius 2 is 2.15 bits per heavy atom. The summed E-state index contributed by atoms with van der Waals surface area (Å²) in [5.41, 5.74) is 3.32. The van der Waals surface area contributed by atoms with Crippen LogP contribution in [0.5, 0.6) is 0 Å². The van der Waals surface area contributed by atoms with Crippen LogP contribution in [0.15, 0.2) is 48.9 Å². The Labute approximate surface area is 118 Å². The average molecular weight is 266 g/mol. The molecular weight excluding hydrogens is 248 g/mol. The molecule has 0 aliphatic heterocycles. The van der Waals surface area contributed by atoms with Gasteiger partial charge in [0.15, 0.2) is 0 Å². The fraction of sp³-hybridized carbons (Fsp3) is 0.250. The highest BCUT2D eigenvalue weighted by atomic mass is 15.3. The van der Waals surface area contributed by atoms with E-state index in [2.05, 4.69) is 40.7 Å². The second-order valence-corrected chi connectivity index (χ2v) is 4.84. The van der Waals surface area contributed by atoms with E-state index in [0.717, 1.165) is 36.1 Å².